The maximum absolute atomic E-state index is 10.7. The standard InChI is InChI=1S/C6H10BrNO/c1-3-5(7)6(9)8-4-2/h3H,4H2,1-2H3,(H,8,9)/b5-3+. The minimum Gasteiger partial charge on any atom is -0.352 e. The van der Waals surface area contributed by atoms with Gasteiger partial charge in [0.15, 0.2) is 0 Å². The number of hydrogen-bond acceptors (Lipinski definition) is 1. The van der Waals surface area contributed by atoms with Gasteiger partial charge in [-0.3, -0.25) is 4.79 Å². The summed E-state index contributed by atoms with van der Waals surface area (Å²) >= 11 is 3.09. The van der Waals surface area contributed by atoms with Crippen molar-refractivity contribution in [2.45, 2.75) is 13.8 Å². The quantitative estimate of drug-likeness (QED) is 0.658. The van der Waals surface area contributed by atoms with Gasteiger partial charge < -0.3 is 5.32 Å². The van der Waals surface area contributed by atoms with Crippen LogP contribution in [0.25, 0.3) is 0 Å². The molecule has 0 saturated carbocycles. The highest BCUT2D eigenvalue weighted by Gasteiger charge is 1.99. The van der Waals surface area contributed by atoms with Crippen LogP contribution in [0.2, 0.25) is 0 Å². The van der Waals surface area contributed by atoms with Crippen LogP contribution in [-0.4, -0.2) is 12.5 Å². The van der Waals surface area contributed by atoms with Crippen molar-refractivity contribution < 1.29 is 4.79 Å². The molecule has 0 aromatic carbocycles. The van der Waals surface area contributed by atoms with Crippen LogP contribution in [0.5, 0.6) is 0 Å². The van der Waals surface area contributed by atoms with Crippen molar-refractivity contribution in [2.24, 2.45) is 0 Å². The van der Waals surface area contributed by atoms with Gasteiger partial charge in [-0.05, 0) is 29.8 Å². The number of nitrogens with one attached hydrogen (secondary N) is 1. The van der Waals surface area contributed by atoms with Crippen molar-refractivity contribution >= 4 is 21.8 Å². The van der Waals surface area contributed by atoms with Crippen molar-refractivity contribution in [3.63, 3.8) is 0 Å². The Hall–Kier alpha value is -0.310. The number of carbonyl (C=O) groups is 1. The second-order valence-electron chi connectivity index (χ2n) is 1.50. The van der Waals surface area contributed by atoms with Crippen LogP contribution >= 0.6 is 15.9 Å². The fourth-order valence-corrected chi connectivity index (χ4v) is 0.516. The van der Waals surface area contributed by atoms with Crippen molar-refractivity contribution in [1.29, 1.82) is 0 Å². The molecule has 0 aromatic rings. The summed E-state index contributed by atoms with van der Waals surface area (Å²) in [6, 6.07) is 0. The second kappa shape index (κ2) is 4.56. The molecule has 2 nitrogen and oxygen atoms in total. The Morgan fingerprint density at radius 1 is 1.78 bits per heavy atom. The summed E-state index contributed by atoms with van der Waals surface area (Å²) in [5.41, 5.74) is 0. The Kier molecular flexibility index (Phi) is 4.40. The molecule has 1 amide bonds. The third-order valence-corrected chi connectivity index (χ3v) is 1.63. The van der Waals surface area contributed by atoms with E-state index in [0.717, 1.165) is 0 Å². The number of rotatable bonds is 2. The molecule has 0 aliphatic rings. The zero-order valence-electron chi connectivity index (χ0n) is 5.57. The summed E-state index contributed by atoms with van der Waals surface area (Å²) in [4.78, 5) is 10.7. The second-order valence-corrected chi connectivity index (χ2v) is 2.35. The monoisotopic (exact) mass is 191 g/mol. The van der Waals surface area contributed by atoms with Crippen LogP contribution < -0.4 is 5.32 Å². The highest BCUT2D eigenvalue weighted by atomic mass is 79.9. The number of carbonyl (C=O) groups excluding carboxylic acids is 1. The number of likely N-dealkylation sites (N-methyl/N-ethyl adjacent to an activating group) is 1. The van der Waals surface area contributed by atoms with Crippen LogP contribution in [0.1, 0.15) is 13.8 Å². The van der Waals surface area contributed by atoms with E-state index >= 15 is 0 Å². The molecule has 0 saturated heterocycles. The van der Waals surface area contributed by atoms with Gasteiger partial charge in [0, 0.05) is 6.54 Å². The molecule has 0 aromatic heterocycles. The summed E-state index contributed by atoms with van der Waals surface area (Å²) < 4.78 is 0.587. The van der Waals surface area contributed by atoms with E-state index in [1.165, 1.54) is 0 Å². The molecule has 0 spiro atoms. The molecular formula is C6H10BrNO. The summed E-state index contributed by atoms with van der Waals surface area (Å²) in [6.07, 6.45) is 1.71. The number of hydrogen-bond donors (Lipinski definition) is 1. The summed E-state index contributed by atoms with van der Waals surface area (Å²) in [5.74, 6) is -0.0556. The van der Waals surface area contributed by atoms with Gasteiger partial charge in [0.25, 0.3) is 5.91 Å². The highest BCUT2D eigenvalue weighted by Crippen LogP contribution is 2.02. The predicted molar refractivity (Wildman–Crippen MR) is 41.4 cm³/mol. The molecule has 0 fully saturated rings. The van der Waals surface area contributed by atoms with Gasteiger partial charge >= 0.3 is 0 Å². The fourth-order valence-electron chi connectivity index (χ4n) is 0.376. The molecule has 0 aliphatic carbocycles. The Balaban J connectivity index is 3.74. The average molecular weight is 192 g/mol. The first kappa shape index (κ1) is 8.69. The van der Waals surface area contributed by atoms with Gasteiger partial charge in [0.1, 0.15) is 0 Å². The van der Waals surface area contributed by atoms with Gasteiger partial charge in [-0.2, -0.15) is 0 Å². The van der Waals surface area contributed by atoms with Gasteiger partial charge in [0.2, 0.25) is 0 Å². The van der Waals surface area contributed by atoms with E-state index in [9.17, 15) is 4.79 Å². The lowest BCUT2D eigenvalue weighted by Gasteiger charge is -1.97. The van der Waals surface area contributed by atoms with Crippen molar-refractivity contribution in [3.8, 4) is 0 Å². The Labute approximate surface area is 63.5 Å². The zero-order chi connectivity index (χ0) is 7.28. The summed E-state index contributed by atoms with van der Waals surface area (Å²) in [7, 11) is 0. The Morgan fingerprint density at radius 3 is 2.67 bits per heavy atom. The van der Waals surface area contributed by atoms with E-state index in [0.29, 0.717) is 11.0 Å². The molecule has 52 valence electrons. The maximum atomic E-state index is 10.7. The third-order valence-electron chi connectivity index (χ3n) is 0.808. The molecular weight excluding hydrogens is 182 g/mol. The molecule has 0 heterocycles. The maximum Gasteiger partial charge on any atom is 0.257 e. The first-order chi connectivity index (χ1) is 4.22. The molecule has 0 bridgehead atoms. The van der Waals surface area contributed by atoms with Gasteiger partial charge in [0.05, 0.1) is 4.48 Å². The minimum atomic E-state index is -0.0556. The molecule has 3 heteroatoms. The molecule has 0 radical (unpaired) electrons. The summed E-state index contributed by atoms with van der Waals surface area (Å²) in [6.45, 7) is 4.36. The van der Waals surface area contributed by atoms with E-state index < -0.39 is 0 Å². The average Bonchev–Trinajstić information content (AvgIpc) is 1.87. The lowest BCUT2D eigenvalue weighted by Crippen LogP contribution is -2.22. The molecule has 0 atom stereocenters. The first-order valence-corrected chi connectivity index (χ1v) is 3.61. The zero-order valence-corrected chi connectivity index (χ0v) is 7.16. The topological polar surface area (TPSA) is 29.1 Å². The van der Waals surface area contributed by atoms with E-state index in [2.05, 4.69) is 21.2 Å². The first-order valence-electron chi connectivity index (χ1n) is 2.82. The highest BCUT2D eigenvalue weighted by molar-refractivity contribution is 9.12. The smallest absolute Gasteiger partial charge is 0.257 e. The van der Waals surface area contributed by atoms with Crippen LogP contribution in [0.3, 0.4) is 0 Å². The number of allylic oxidation sites excluding steroid dienone is 1. The lowest BCUT2D eigenvalue weighted by atomic mass is 10.5. The Morgan fingerprint density at radius 2 is 2.33 bits per heavy atom. The number of amides is 1. The molecule has 9 heavy (non-hydrogen) atoms. The predicted octanol–water partition coefficient (Wildman–Crippen LogP) is 1.42. The summed E-state index contributed by atoms with van der Waals surface area (Å²) in [5, 5.41) is 2.64. The minimum absolute atomic E-state index is 0.0556. The SMILES string of the molecule is C/C=C(/Br)C(=O)NCC. The molecule has 0 rings (SSSR count). The van der Waals surface area contributed by atoms with Crippen LogP contribution in [-0.2, 0) is 4.79 Å². The van der Waals surface area contributed by atoms with E-state index in [1.807, 2.05) is 6.92 Å². The van der Waals surface area contributed by atoms with E-state index in [-0.39, 0.29) is 5.91 Å². The van der Waals surface area contributed by atoms with Crippen molar-refractivity contribution in [1.82, 2.24) is 5.32 Å². The van der Waals surface area contributed by atoms with Gasteiger partial charge in [-0.1, -0.05) is 6.08 Å². The Bertz CT molecular complexity index is 131. The fraction of sp³-hybridized carbons (Fsp3) is 0.500. The lowest BCUT2D eigenvalue weighted by molar-refractivity contribution is -0.116. The molecule has 0 unspecified atom stereocenters. The van der Waals surface area contributed by atoms with E-state index in [1.54, 1.807) is 13.0 Å². The normalized spacial score (nSPS) is 11.2. The molecule has 1 N–H and O–H groups in total. The third kappa shape index (κ3) is 3.30. The number of halogens is 1. The van der Waals surface area contributed by atoms with Crippen molar-refractivity contribution in [3.05, 3.63) is 10.6 Å². The van der Waals surface area contributed by atoms with Gasteiger partial charge in [-0.25, -0.2) is 0 Å². The molecule has 0 aliphatic heterocycles. The van der Waals surface area contributed by atoms with Gasteiger partial charge in [-0.15, -0.1) is 0 Å². The largest absolute Gasteiger partial charge is 0.352 e. The van der Waals surface area contributed by atoms with Crippen LogP contribution in [0.4, 0.5) is 0 Å². The van der Waals surface area contributed by atoms with Crippen LogP contribution in [0.15, 0.2) is 10.6 Å². The van der Waals surface area contributed by atoms with Crippen LogP contribution in [0, 0.1) is 0 Å². The van der Waals surface area contributed by atoms with E-state index in [4.69, 9.17) is 0 Å². The van der Waals surface area contributed by atoms with Crippen molar-refractivity contribution in [2.75, 3.05) is 6.54 Å².